The highest BCUT2D eigenvalue weighted by atomic mass is 16.4. The Morgan fingerprint density at radius 2 is 1.73 bits per heavy atom. The Kier molecular flexibility index (Phi) is 11.4. The summed E-state index contributed by atoms with van der Waals surface area (Å²) in [5.74, 6) is -6.01. The lowest BCUT2D eigenvalue weighted by atomic mass is 9.99. The molecule has 17 heteroatoms. The Morgan fingerprint density at radius 3 is 2.43 bits per heavy atom. The van der Waals surface area contributed by atoms with Gasteiger partial charge in [-0.2, -0.15) is 0 Å². The van der Waals surface area contributed by atoms with E-state index in [-0.39, 0.29) is 37.3 Å². The molecule has 17 nitrogen and oxygen atoms in total. The zero-order valence-electron chi connectivity index (χ0n) is 27.8. The number of amides is 6. The molecule has 6 amide bonds. The first-order valence-corrected chi connectivity index (χ1v) is 16.8. The van der Waals surface area contributed by atoms with E-state index in [1.165, 1.54) is 4.90 Å². The van der Waals surface area contributed by atoms with Crippen molar-refractivity contribution in [2.45, 2.75) is 81.6 Å². The van der Waals surface area contributed by atoms with E-state index in [4.69, 9.17) is 11.5 Å². The molecule has 2 aromatic carbocycles. The Hall–Kier alpha value is -5.74. The maximum absolute atomic E-state index is 14.3. The molecular formula is C34H42N8O9. The number of carbonyl (C=O) groups excluding carboxylic acids is 5. The standard InChI is InChI=1S/C34H42N8O9/c35-33(36)37-12-4-8-22-30(47)41(34(51)40-22)17-27(43)38-23(16-28(44)45)29(46)39-24(14-18-10-11-19-5-1-2-6-20(19)13-18)31(48)42-25-9-3-7-21(25)15-26(42)32(49)50/h1-2,5-6,10-11,13,21-26H,3-4,7-9,12,14-17H2,(H,38,43)(H,39,46)(H,40,51)(H,44,45)(H,49,50)(H4,35,36,37)/t21-,22-,23-,24-,25-,26-/m0/s1. The molecule has 0 spiro atoms. The second-order valence-corrected chi connectivity index (χ2v) is 13.1. The fourth-order valence-corrected chi connectivity index (χ4v) is 7.27. The van der Waals surface area contributed by atoms with Crippen molar-refractivity contribution >= 4 is 58.3 Å². The minimum Gasteiger partial charge on any atom is -0.481 e. The van der Waals surface area contributed by atoms with Crippen LogP contribution in [0.25, 0.3) is 10.8 Å². The summed E-state index contributed by atoms with van der Waals surface area (Å²) in [4.78, 5) is 96.4. The van der Waals surface area contributed by atoms with Crippen molar-refractivity contribution in [3.8, 4) is 0 Å². The molecule has 0 unspecified atom stereocenters. The molecule has 0 radical (unpaired) electrons. The maximum atomic E-state index is 14.3. The van der Waals surface area contributed by atoms with Crippen molar-refractivity contribution in [3.63, 3.8) is 0 Å². The fourth-order valence-electron chi connectivity index (χ4n) is 7.27. The molecule has 2 saturated heterocycles. The molecule has 2 aliphatic heterocycles. The first kappa shape index (κ1) is 36.5. The maximum Gasteiger partial charge on any atom is 0.326 e. The van der Waals surface area contributed by atoms with Crippen LogP contribution in [-0.4, -0.2) is 111 Å². The minimum absolute atomic E-state index is 0.00875. The lowest BCUT2D eigenvalue weighted by Crippen LogP contribution is -2.58. The second-order valence-electron chi connectivity index (χ2n) is 13.1. The SMILES string of the molecule is NC(N)=NCCC[C@@H]1NC(=O)N(CC(=O)N[C@@H](CC(=O)O)C(=O)N[C@@H](Cc2ccc3ccccc3c2)C(=O)N2[C@H](C(=O)O)C[C@@H]3CCC[C@@H]32)C1=O. The number of urea groups is 1. The fraction of sp³-hybridized carbons (Fsp3) is 0.471. The largest absolute Gasteiger partial charge is 0.481 e. The van der Waals surface area contributed by atoms with Crippen molar-refractivity contribution < 1.29 is 43.8 Å². The van der Waals surface area contributed by atoms with Gasteiger partial charge in [0.15, 0.2) is 5.96 Å². The van der Waals surface area contributed by atoms with Crippen molar-refractivity contribution in [2.75, 3.05) is 13.1 Å². The molecule has 51 heavy (non-hydrogen) atoms. The number of imide groups is 1. The highest BCUT2D eigenvalue weighted by Gasteiger charge is 2.50. The molecule has 272 valence electrons. The van der Waals surface area contributed by atoms with Gasteiger partial charge in [-0.05, 0) is 54.4 Å². The summed E-state index contributed by atoms with van der Waals surface area (Å²) in [6.45, 7) is -0.580. The lowest BCUT2D eigenvalue weighted by Gasteiger charge is -2.32. The topological polar surface area (TPSA) is 267 Å². The molecule has 1 saturated carbocycles. The molecular weight excluding hydrogens is 664 g/mol. The molecule has 2 heterocycles. The van der Waals surface area contributed by atoms with Gasteiger partial charge in [0.05, 0.1) is 6.42 Å². The number of hydrogen-bond acceptors (Lipinski definition) is 8. The van der Waals surface area contributed by atoms with Gasteiger partial charge in [0.25, 0.3) is 5.91 Å². The molecule has 0 aromatic heterocycles. The summed E-state index contributed by atoms with van der Waals surface area (Å²) in [6.07, 6.45) is 2.15. The number of carboxylic acids is 2. The van der Waals surface area contributed by atoms with Crippen LogP contribution in [0.1, 0.15) is 50.5 Å². The predicted molar refractivity (Wildman–Crippen MR) is 182 cm³/mol. The van der Waals surface area contributed by atoms with Gasteiger partial charge in [-0.3, -0.25) is 33.9 Å². The van der Waals surface area contributed by atoms with E-state index < -0.39 is 78.7 Å². The summed E-state index contributed by atoms with van der Waals surface area (Å²) in [5, 5.41) is 28.8. The summed E-state index contributed by atoms with van der Waals surface area (Å²) < 4.78 is 0. The van der Waals surface area contributed by atoms with Gasteiger partial charge in [0, 0.05) is 19.0 Å². The molecule has 5 rings (SSSR count). The van der Waals surface area contributed by atoms with E-state index in [1.807, 2.05) is 36.4 Å². The van der Waals surface area contributed by atoms with Crippen LogP contribution in [0.5, 0.6) is 0 Å². The second kappa shape index (κ2) is 15.9. The van der Waals surface area contributed by atoms with Crippen molar-refractivity contribution in [3.05, 3.63) is 48.0 Å². The molecule has 0 bridgehead atoms. The van der Waals surface area contributed by atoms with Gasteiger partial charge < -0.3 is 42.5 Å². The van der Waals surface area contributed by atoms with E-state index in [9.17, 15) is 43.8 Å². The molecule has 6 atom stereocenters. The third-order valence-corrected chi connectivity index (χ3v) is 9.63. The number of aliphatic imine (C=N–C) groups is 1. The number of nitrogens with two attached hydrogens (primary N) is 2. The third kappa shape index (κ3) is 8.71. The van der Waals surface area contributed by atoms with Gasteiger partial charge in [0.2, 0.25) is 17.7 Å². The Balaban J connectivity index is 1.33. The molecule has 9 N–H and O–H groups in total. The molecule has 1 aliphatic carbocycles. The number of carboxylic acid groups (broad SMARTS) is 2. The number of nitrogens with zero attached hydrogens (tertiary/aromatic N) is 3. The Morgan fingerprint density at radius 1 is 0.980 bits per heavy atom. The quantitative estimate of drug-likeness (QED) is 0.0545. The zero-order chi connectivity index (χ0) is 36.8. The summed E-state index contributed by atoms with van der Waals surface area (Å²) in [6, 6.07) is 6.84. The van der Waals surface area contributed by atoms with Crippen molar-refractivity contribution in [1.29, 1.82) is 0 Å². The number of carbonyl (C=O) groups is 7. The van der Waals surface area contributed by atoms with Gasteiger partial charge in [-0.1, -0.05) is 48.9 Å². The highest BCUT2D eigenvalue weighted by Crippen LogP contribution is 2.41. The van der Waals surface area contributed by atoms with Crippen LogP contribution in [0, 0.1) is 5.92 Å². The number of fused-ring (bicyclic) bond motifs is 2. The summed E-state index contributed by atoms with van der Waals surface area (Å²) in [7, 11) is 0. The van der Waals surface area contributed by atoms with E-state index >= 15 is 0 Å². The van der Waals surface area contributed by atoms with Crippen LogP contribution < -0.4 is 27.4 Å². The smallest absolute Gasteiger partial charge is 0.326 e. The normalized spacial score (nSPS) is 22.2. The molecule has 2 aromatic rings. The first-order chi connectivity index (χ1) is 24.3. The third-order valence-electron chi connectivity index (χ3n) is 9.63. The summed E-state index contributed by atoms with van der Waals surface area (Å²) in [5.41, 5.74) is 11.2. The van der Waals surface area contributed by atoms with Crippen LogP contribution in [-0.2, 0) is 35.2 Å². The van der Waals surface area contributed by atoms with Crippen LogP contribution in [0.3, 0.4) is 0 Å². The van der Waals surface area contributed by atoms with Crippen LogP contribution in [0.2, 0.25) is 0 Å². The Bertz CT molecular complexity index is 1740. The van der Waals surface area contributed by atoms with Crippen LogP contribution in [0.4, 0.5) is 4.79 Å². The van der Waals surface area contributed by atoms with E-state index in [0.29, 0.717) is 29.7 Å². The lowest BCUT2D eigenvalue weighted by molar-refractivity contribution is -0.151. The number of likely N-dealkylation sites (tertiary alicyclic amines) is 1. The van der Waals surface area contributed by atoms with Crippen molar-refractivity contribution in [2.24, 2.45) is 22.4 Å². The Labute approximate surface area is 292 Å². The van der Waals surface area contributed by atoms with Gasteiger partial charge in [-0.25, -0.2) is 9.59 Å². The minimum atomic E-state index is -1.70. The van der Waals surface area contributed by atoms with Crippen LogP contribution >= 0.6 is 0 Å². The highest BCUT2D eigenvalue weighted by molar-refractivity contribution is 6.07. The number of nitrogens with one attached hydrogen (secondary N) is 3. The van der Waals surface area contributed by atoms with Gasteiger partial charge >= 0.3 is 18.0 Å². The van der Waals surface area contributed by atoms with Crippen LogP contribution in [0.15, 0.2) is 47.5 Å². The van der Waals surface area contributed by atoms with Gasteiger partial charge in [-0.15, -0.1) is 0 Å². The average Bonchev–Trinajstić information content (AvgIpc) is 3.75. The number of benzene rings is 2. The summed E-state index contributed by atoms with van der Waals surface area (Å²) >= 11 is 0. The number of rotatable bonds is 15. The van der Waals surface area contributed by atoms with E-state index in [0.717, 1.165) is 23.6 Å². The monoisotopic (exact) mass is 706 g/mol. The van der Waals surface area contributed by atoms with Gasteiger partial charge in [0.1, 0.15) is 30.7 Å². The van der Waals surface area contributed by atoms with E-state index in [2.05, 4.69) is 20.9 Å². The van der Waals surface area contributed by atoms with E-state index in [1.54, 1.807) is 6.07 Å². The predicted octanol–water partition coefficient (Wildman–Crippen LogP) is -0.345. The number of hydrogen-bond donors (Lipinski definition) is 7. The average molecular weight is 707 g/mol. The van der Waals surface area contributed by atoms with Crippen molar-refractivity contribution in [1.82, 2.24) is 25.8 Å². The zero-order valence-corrected chi connectivity index (χ0v) is 27.8. The number of guanidine groups is 1. The number of aliphatic carboxylic acids is 2. The molecule has 3 aliphatic rings. The molecule has 3 fully saturated rings. The first-order valence-electron chi connectivity index (χ1n) is 16.8.